The van der Waals surface area contributed by atoms with Crippen molar-refractivity contribution in [2.45, 2.75) is 51.9 Å². The monoisotopic (exact) mass is 201 g/mol. The average Bonchev–Trinajstić information content (AvgIpc) is 2.14. The van der Waals surface area contributed by atoms with E-state index in [0.29, 0.717) is 0 Å². The summed E-state index contributed by atoms with van der Waals surface area (Å²) in [5.41, 5.74) is 0. The van der Waals surface area contributed by atoms with Crippen molar-refractivity contribution in [3.8, 4) is 0 Å². The molecule has 1 aliphatic rings. The molecule has 0 N–H and O–H groups in total. The topological polar surface area (TPSA) is 0 Å². The lowest BCUT2D eigenvalue weighted by atomic mass is 10.2. The van der Waals surface area contributed by atoms with Crippen molar-refractivity contribution in [2.24, 2.45) is 0 Å². The number of rotatable bonds is 5. The van der Waals surface area contributed by atoms with Gasteiger partial charge in [-0.2, -0.15) is 0 Å². The molecule has 0 radical (unpaired) electrons. The van der Waals surface area contributed by atoms with E-state index in [4.69, 9.17) is 0 Å². The summed E-state index contributed by atoms with van der Waals surface area (Å²) in [6, 6.07) is 0. The molecule has 0 aromatic heterocycles. The molecule has 0 amide bonds. The molecular weight excluding hydrogens is 175 g/mol. The number of unbranched alkanes of at least 4 members (excludes halogenated alkanes) is 3. The molecule has 0 saturated carbocycles. The molecule has 0 bridgehead atoms. The van der Waals surface area contributed by atoms with Gasteiger partial charge in [-0.1, -0.05) is 19.8 Å². The van der Waals surface area contributed by atoms with E-state index in [-0.39, 0.29) is 0 Å². The fourth-order valence-corrected chi connectivity index (χ4v) is 6.05. The van der Waals surface area contributed by atoms with Crippen LogP contribution in [0.5, 0.6) is 0 Å². The van der Waals surface area contributed by atoms with Crippen molar-refractivity contribution in [3.05, 3.63) is 0 Å². The zero-order valence-corrected chi connectivity index (χ0v) is 10.4. The quantitative estimate of drug-likeness (QED) is 0.457. The van der Waals surface area contributed by atoms with Crippen LogP contribution in [-0.2, 0) is 0 Å². The van der Waals surface area contributed by atoms with Gasteiger partial charge in [-0.25, -0.2) is 0 Å². The maximum atomic E-state index is 2.62. The summed E-state index contributed by atoms with van der Waals surface area (Å²) < 4.78 is 0. The molecule has 13 heavy (non-hydrogen) atoms. The maximum absolute atomic E-state index is 2.62. The Labute approximate surface area is 84.8 Å². The zero-order chi connectivity index (χ0) is 9.57. The summed E-state index contributed by atoms with van der Waals surface area (Å²) in [7, 11) is -0.404. The van der Waals surface area contributed by atoms with Gasteiger partial charge in [0.15, 0.2) is 0 Å². The fourth-order valence-electron chi connectivity index (χ4n) is 2.42. The summed E-state index contributed by atoms with van der Waals surface area (Å²) in [5.74, 6) is 0. The van der Waals surface area contributed by atoms with Crippen LogP contribution >= 0.6 is 7.26 Å². The van der Waals surface area contributed by atoms with E-state index in [1.54, 1.807) is 18.5 Å². The predicted octanol–water partition coefficient (Wildman–Crippen LogP) is 4.40. The first-order valence-electron chi connectivity index (χ1n) is 6.10. The first-order chi connectivity index (χ1) is 6.27. The minimum Gasteiger partial charge on any atom is -0.0654 e. The summed E-state index contributed by atoms with van der Waals surface area (Å²) in [6.45, 7) is 4.93. The highest BCUT2D eigenvalue weighted by atomic mass is 31.2. The van der Waals surface area contributed by atoms with Gasteiger partial charge in [0.2, 0.25) is 0 Å². The molecule has 0 aromatic carbocycles. The van der Waals surface area contributed by atoms with Crippen molar-refractivity contribution in [1.82, 2.24) is 0 Å². The SMILES string of the molecule is CCCCCC[P+]1(C)CCCCC1. The molecule has 78 valence electrons. The van der Waals surface area contributed by atoms with Crippen molar-refractivity contribution >= 4 is 7.26 Å². The summed E-state index contributed by atoms with van der Waals surface area (Å²) in [6.07, 6.45) is 15.3. The average molecular weight is 201 g/mol. The summed E-state index contributed by atoms with van der Waals surface area (Å²) in [5, 5.41) is 0. The third-order valence-corrected chi connectivity index (χ3v) is 7.64. The third kappa shape index (κ3) is 4.45. The van der Waals surface area contributed by atoms with Crippen molar-refractivity contribution < 1.29 is 0 Å². The molecule has 1 heteroatoms. The Balaban J connectivity index is 2.10. The second-order valence-electron chi connectivity index (χ2n) is 4.91. The molecular formula is C12H26P+. The molecule has 1 fully saturated rings. The maximum Gasteiger partial charge on any atom is 0.0591 e. The Kier molecular flexibility index (Phi) is 5.32. The van der Waals surface area contributed by atoms with E-state index in [9.17, 15) is 0 Å². The standard InChI is InChI=1S/C12H26P/c1-3-4-5-7-10-13(2)11-8-6-9-12-13/h3-12H2,1-2H3/q+1. The second kappa shape index (κ2) is 6.02. The van der Waals surface area contributed by atoms with Crippen LogP contribution in [0.3, 0.4) is 0 Å². The van der Waals surface area contributed by atoms with Crippen LogP contribution in [0.25, 0.3) is 0 Å². The van der Waals surface area contributed by atoms with Crippen LogP contribution in [0, 0.1) is 0 Å². The highest BCUT2D eigenvalue weighted by Gasteiger charge is 2.32. The van der Waals surface area contributed by atoms with Gasteiger partial charge in [0, 0.05) is 13.9 Å². The Morgan fingerprint density at radius 1 is 0.923 bits per heavy atom. The molecule has 1 rings (SSSR count). The zero-order valence-electron chi connectivity index (χ0n) is 9.52. The van der Waals surface area contributed by atoms with Crippen LogP contribution in [0.1, 0.15) is 51.9 Å². The first kappa shape index (κ1) is 11.5. The van der Waals surface area contributed by atoms with Crippen LogP contribution < -0.4 is 0 Å². The summed E-state index contributed by atoms with van der Waals surface area (Å²) in [4.78, 5) is 0. The Bertz CT molecular complexity index is 125. The lowest BCUT2D eigenvalue weighted by Gasteiger charge is -2.27. The van der Waals surface area contributed by atoms with E-state index in [0.717, 1.165) is 0 Å². The van der Waals surface area contributed by atoms with Gasteiger partial charge in [-0.05, 0) is 32.1 Å². The minimum atomic E-state index is -0.404. The van der Waals surface area contributed by atoms with Gasteiger partial charge in [0.1, 0.15) is 0 Å². The molecule has 1 aliphatic heterocycles. The van der Waals surface area contributed by atoms with E-state index >= 15 is 0 Å². The molecule has 0 atom stereocenters. The molecule has 0 aliphatic carbocycles. The van der Waals surface area contributed by atoms with E-state index in [1.807, 2.05) is 0 Å². The van der Waals surface area contributed by atoms with Gasteiger partial charge >= 0.3 is 0 Å². The van der Waals surface area contributed by atoms with Gasteiger partial charge in [-0.3, -0.25) is 0 Å². The van der Waals surface area contributed by atoms with Crippen LogP contribution in [0.2, 0.25) is 0 Å². The third-order valence-electron chi connectivity index (χ3n) is 3.45. The largest absolute Gasteiger partial charge is 0.0654 e. The number of hydrogen-bond acceptors (Lipinski definition) is 0. The molecule has 0 spiro atoms. The van der Waals surface area contributed by atoms with E-state index in [2.05, 4.69) is 13.6 Å². The molecule has 0 aromatic rings. The van der Waals surface area contributed by atoms with E-state index in [1.165, 1.54) is 44.9 Å². The van der Waals surface area contributed by atoms with Gasteiger partial charge in [0.05, 0.1) is 18.5 Å². The predicted molar refractivity (Wildman–Crippen MR) is 65.4 cm³/mol. The van der Waals surface area contributed by atoms with E-state index < -0.39 is 7.26 Å². The first-order valence-corrected chi connectivity index (χ1v) is 8.89. The smallest absolute Gasteiger partial charge is 0.0591 e. The second-order valence-corrected chi connectivity index (χ2v) is 9.49. The van der Waals surface area contributed by atoms with Crippen molar-refractivity contribution in [2.75, 3.05) is 25.2 Å². The van der Waals surface area contributed by atoms with Crippen LogP contribution in [0.4, 0.5) is 0 Å². The van der Waals surface area contributed by atoms with Crippen molar-refractivity contribution in [3.63, 3.8) is 0 Å². The normalized spacial score (nSPS) is 21.7. The Hall–Kier alpha value is 0.430. The van der Waals surface area contributed by atoms with Gasteiger partial charge in [0.25, 0.3) is 0 Å². The molecule has 1 heterocycles. The fraction of sp³-hybridized carbons (Fsp3) is 1.00. The Morgan fingerprint density at radius 3 is 2.23 bits per heavy atom. The molecule has 1 saturated heterocycles. The summed E-state index contributed by atoms with van der Waals surface area (Å²) >= 11 is 0. The lowest BCUT2D eigenvalue weighted by molar-refractivity contribution is 0.694. The van der Waals surface area contributed by atoms with Crippen LogP contribution in [-0.4, -0.2) is 25.2 Å². The molecule has 0 unspecified atom stereocenters. The lowest BCUT2D eigenvalue weighted by Crippen LogP contribution is -2.11. The highest BCUT2D eigenvalue weighted by Crippen LogP contribution is 2.59. The van der Waals surface area contributed by atoms with Crippen molar-refractivity contribution in [1.29, 1.82) is 0 Å². The Morgan fingerprint density at radius 2 is 1.62 bits per heavy atom. The minimum absolute atomic E-state index is 0.404. The van der Waals surface area contributed by atoms with Gasteiger partial charge in [-0.15, -0.1) is 0 Å². The number of hydrogen-bond donors (Lipinski definition) is 0. The van der Waals surface area contributed by atoms with Crippen LogP contribution in [0.15, 0.2) is 0 Å². The molecule has 0 nitrogen and oxygen atoms in total. The highest BCUT2D eigenvalue weighted by molar-refractivity contribution is 7.75. The van der Waals surface area contributed by atoms with Gasteiger partial charge < -0.3 is 0 Å².